The fourth-order valence-corrected chi connectivity index (χ4v) is 4.88. The molecule has 3 N–H and O–H groups in total. The van der Waals surface area contributed by atoms with E-state index < -0.39 is 18.0 Å². The Kier molecular flexibility index (Phi) is 9.72. The molecule has 1 atom stereocenters. The number of urea groups is 1. The van der Waals surface area contributed by atoms with E-state index in [1.54, 1.807) is 7.11 Å². The smallest absolute Gasteiger partial charge is 0.341 e. The number of benzene rings is 1. The quantitative estimate of drug-likeness (QED) is 0.311. The van der Waals surface area contributed by atoms with Gasteiger partial charge in [0.05, 0.1) is 38.0 Å². The normalized spacial score (nSPS) is 16.8. The fraction of sp³-hybridized carbons (Fsp3) is 0.577. The summed E-state index contributed by atoms with van der Waals surface area (Å²) in [5, 5.41) is 14.8. The highest BCUT2D eigenvalue weighted by Crippen LogP contribution is 2.41. The summed E-state index contributed by atoms with van der Waals surface area (Å²) < 4.78 is 16.4. The van der Waals surface area contributed by atoms with Crippen molar-refractivity contribution in [3.63, 3.8) is 0 Å². The number of hydrogen-bond donors (Lipinski definition) is 3. The molecule has 2 aliphatic heterocycles. The number of aliphatic carboxylic acids is 1. The van der Waals surface area contributed by atoms with Crippen molar-refractivity contribution in [3.05, 3.63) is 33.9 Å². The van der Waals surface area contributed by atoms with Gasteiger partial charge in [0.25, 0.3) is 0 Å². The van der Waals surface area contributed by atoms with Gasteiger partial charge in [0, 0.05) is 31.3 Å². The van der Waals surface area contributed by atoms with E-state index in [1.165, 1.54) is 7.05 Å². The molecule has 10 heteroatoms. The zero-order valence-corrected chi connectivity index (χ0v) is 21.6. The van der Waals surface area contributed by atoms with Crippen LogP contribution in [0.3, 0.4) is 0 Å². The van der Waals surface area contributed by atoms with Gasteiger partial charge < -0.3 is 30.0 Å². The number of esters is 1. The van der Waals surface area contributed by atoms with E-state index in [9.17, 15) is 19.5 Å². The molecular formula is C26H37N3O7. The number of ether oxygens (including phenoxy) is 3. The lowest BCUT2D eigenvalue weighted by Gasteiger charge is -2.27. The van der Waals surface area contributed by atoms with E-state index in [2.05, 4.69) is 15.5 Å². The van der Waals surface area contributed by atoms with Crippen molar-refractivity contribution in [3.8, 4) is 5.75 Å². The number of cyclic esters (lactones) is 1. The van der Waals surface area contributed by atoms with Gasteiger partial charge in [-0.25, -0.2) is 9.59 Å². The zero-order chi connectivity index (χ0) is 26.2. The molecule has 1 fully saturated rings. The first-order valence-electron chi connectivity index (χ1n) is 12.3. The Morgan fingerprint density at radius 2 is 2.00 bits per heavy atom. The van der Waals surface area contributed by atoms with Crippen molar-refractivity contribution in [2.45, 2.75) is 46.1 Å². The molecule has 2 heterocycles. The molecule has 36 heavy (non-hydrogen) atoms. The van der Waals surface area contributed by atoms with Crippen LogP contribution in [0.1, 0.15) is 53.2 Å². The number of methoxy groups -OCH3 is 1. The van der Waals surface area contributed by atoms with E-state index >= 15 is 0 Å². The van der Waals surface area contributed by atoms with Crippen LogP contribution in [-0.2, 0) is 27.3 Å². The molecular weight excluding hydrogens is 466 g/mol. The second kappa shape index (κ2) is 12.7. The van der Waals surface area contributed by atoms with Crippen LogP contribution in [-0.4, -0.2) is 75.0 Å². The Morgan fingerprint density at radius 3 is 2.64 bits per heavy atom. The molecule has 0 spiro atoms. The largest absolute Gasteiger partial charge is 0.496 e. The van der Waals surface area contributed by atoms with E-state index in [-0.39, 0.29) is 18.9 Å². The molecule has 2 aliphatic rings. The lowest BCUT2D eigenvalue weighted by molar-refractivity contribution is -0.137. The van der Waals surface area contributed by atoms with Gasteiger partial charge >= 0.3 is 18.0 Å². The highest BCUT2D eigenvalue weighted by atomic mass is 16.5. The first-order valence-corrected chi connectivity index (χ1v) is 12.3. The minimum Gasteiger partial charge on any atom is -0.496 e. The number of carboxylic acid groups (broad SMARTS) is 1. The number of allylic oxidation sites excluding steroid dienone is 2. The Bertz CT molecular complexity index is 1020. The third-order valence-corrected chi connectivity index (χ3v) is 6.97. The average molecular weight is 504 g/mol. The van der Waals surface area contributed by atoms with Crippen molar-refractivity contribution in [2.75, 3.05) is 52.3 Å². The van der Waals surface area contributed by atoms with Gasteiger partial charge in [-0.15, -0.1) is 0 Å². The lowest BCUT2D eigenvalue weighted by atomic mass is 9.89. The highest BCUT2D eigenvalue weighted by molar-refractivity contribution is 6.05. The minimum atomic E-state index is -0.838. The predicted molar refractivity (Wildman–Crippen MR) is 135 cm³/mol. The van der Waals surface area contributed by atoms with Crippen molar-refractivity contribution in [2.24, 2.45) is 5.92 Å². The van der Waals surface area contributed by atoms with E-state index in [1.807, 2.05) is 19.9 Å². The molecule has 198 valence electrons. The molecule has 0 radical (unpaired) electrons. The van der Waals surface area contributed by atoms with Crippen LogP contribution in [0.5, 0.6) is 5.75 Å². The summed E-state index contributed by atoms with van der Waals surface area (Å²) in [5.41, 5.74) is 3.78. The number of amides is 2. The molecule has 3 rings (SSSR count). The van der Waals surface area contributed by atoms with E-state index in [4.69, 9.17) is 14.2 Å². The number of nitrogens with one attached hydrogen (secondary N) is 2. The summed E-state index contributed by atoms with van der Waals surface area (Å²) in [5.74, 6) is -0.874. The maximum Gasteiger partial charge on any atom is 0.341 e. The first kappa shape index (κ1) is 27.5. The Labute approximate surface area is 212 Å². The SMILES string of the molecule is CNC(=O)Nc1c(C/C=C(\C)C(CCCN2CCOCC2)CC(=O)O)c(OC)c(C)c2c1C(=O)OC2. The number of fused-ring (bicyclic) bond motifs is 1. The molecule has 1 unspecified atom stereocenters. The second-order valence-electron chi connectivity index (χ2n) is 9.19. The minimum absolute atomic E-state index is 0.0431. The standard InChI is InChI=1S/C26H37N3O7/c1-16(18(14-21(30)31)6-5-9-29-10-12-35-13-11-29)7-8-19-23(28-26(33)27-3)22-20(15-36-25(22)32)17(2)24(19)34-4/h7,18H,5-6,8-15H2,1-4H3,(H,30,31)(H2,27,28,33)/b16-7+. The summed E-state index contributed by atoms with van der Waals surface area (Å²) in [6, 6.07) is -0.461. The van der Waals surface area contributed by atoms with Gasteiger partial charge in [0.2, 0.25) is 0 Å². The summed E-state index contributed by atoms with van der Waals surface area (Å²) in [6.45, 7) is 8.11. The molecule has 2 amide bonds. The summed E-state index contributed by atoms with van der Waals surface area (Å²) in [7, 11) is 3.05. The maximum atomic E-state index is 12.5. The van der Waals surface area contributed by atoms with Crippen molar-refractivity contribution in [1.29, 1.82) is 0 Å². The number of rotatable bonds is 11. The predicted octanol–water partition coefficient (Wildman–Crippen LogP) is 3.12. The molecule has 1 aromatic rings. The highest BCUT2D eigenvalue weighted by Gasteiger charge is 2.32. The third kappa shape index (κ3) is 6.55. The summed E-state index contributed by atoms with van der Waals surface area (Å²) in [6.07, 6.45) is 4.01. The van der Waals surface area contributed by atoms with Crippen LogP contribution >= 0.6 is 0 Å². The molecule has 1 aromatic carbocycles. The Hall–Kier alpha value is -3.11. The molecule has 0 bridgehead atoms. The number of hydrogen-bond acceptors (Lipinski definition) is 7. The molecule has 10 nitrogen and oxygen atoms in total. The van der Waals surface area contributed by atoms with Crippen LogP contribution < -0.4 is 15.4 Å². The van der Waals surface area contributed by atoms with Crippen LogP contribution in [0.4, 0.5) is 10.5 Å². The van der Waals surface area contributed by atoms with E-state index in [0.29, 0.717) is 34.5 Å². The van der Waals surface area contributed by atoms with Gasteiger partial charge in [0.15, 0.2) is 0 Å². The number of anilines is 1. The summed E-state index contributed by atoms with van der Waals surface area (Å²) >= 11 is 0. The molecule has 1 saturated heterocycles. The molecule has 0 saturated carbocycles. The van der Waals surface area contributed by atoms with Gasteiger partial charge in [-0.05, 0) is 51.1 Å². The zero-order valence-electron chi connectivity index (χ0n) is 21.6. The van der Waals surface area contributed by atoms with Gasteiger partial charge in [-0.1, -0.05) is 11.6 Å². The Balaban J connectivity index is 1.86. The van der Waals surface area contributed by atoms with Crippen LogP contribution in [0, 0.1) is 12.8 Å². The lowest BCUT2D eigenvalue weighted by Crippen LogP contribution is -2.37. The molecule has 0 aliphatic carbocycles. The fourth-order valence-electron chi connectivity index (χ4n) is 4.88. The van der Waals surface area contributed by atoms with Crippen molar-refractivity contribution < 1.29 is 33.7 Å². The van der Waals surface area contributed by atoms with Crippen LogP contribution in [0.25, 0.3) is 0 Å². The van der Waals surface area contributed by atoms with Gasteiger partial charge in [0.1, 0.15) is 12.4 Å². The maximum absolute atomic E-state index is 12.5. The second-order valence-corrected chi connectivity index (χ2v) is 9.19. The number of carbonyl (C=O) groups excluding carboxylic acids is 2. The van der Waals surface area contributed by atoms with Crippen molar-refractivity contribution >= 4 is 23.7 Å². The van der Waals surface area contributed by atoms with Crippen molar-refractivity contribution in [1.82, 2.24) is 10.2 Å². The topological polar surface area (TPSA) is 126 Å². The third-order valence-electron chi connectivity index (χ3n) is 6.97. The molecule has 0 aromatic heterocycles. The number of carbonyl (C=O) groups is 3. The summed E-state index contributed by atoms with van der Waals surface area (Å²) in [4.78, 5) is 38.7. The average Bonchev–Trinajstić information content (AvgIpc) is 3.25. The van der Waals surface area contributed by atoms with E-state index in [0.717, 1.165) is 56.8 Å². The first-order chi connectivity index (χ1) is 17.3. The van der Waals surface area contributed by atoms with Crippen LogP contribution in [0.2, 0.25) is 0 Å². The van der Waals surface area contributed by atoms with Gasteiger partial charge in [-0.2, -0.15) is 0 Å². The van der Waals surface area contributed by atoms with Gasteiger partial charge in [-0.3, -0.25) is 9.69 Å². The monoisotopic (exact) mass is 503 g/mol. The number of morpholine rings is 1. The number of carboxylic acids is 1. The number of nitrogens with zero attached hydrogens (tertiary/aromatic N) is 1. The van der Waals surface area contributed by atoms with Crippen LogP contribution in [0.15, 0.2) is 11.6 Å². The Morgan fingerprint density at radius 1 is 1.28 bits per heavy atom.